The SMILES string of the molecule is COc1ccccc1C(CC1(C)COC1)C(=O)O. The lowest BCUT2D eigenvalue weighted by atomic mass is 9.77. The van der Waals surface area contributed by atoms with Gasteiger partial charge in [0.05, 0.1) is 26.2 Å². The maximum atomic E-state index is 11.5. The fraction of sp³-hybridized carbons (Fsp3) is 0.500. The summed E-state index contributed by atoms with van der Waals surface area (Å²) in [5.74, 6) is -0.726. The number of hydrogen-bond acceptors (Lipinski definition) is 3. The van der Waals surface area contributed by atoms with Crippen molar-refractivity contribution >= 4 is 5.97 Å². The minimum atomic E-state index is -0.812. The van der Waals surface area contributed by atoms with Crippen molar-refractivity contribution in [3.05, 3.63) is 29.8 Å². The highest BCUT2D eigenvalue weighted by atomic mass is 16.5. The second-order valence-corrected chi connectivity index (χ2v) is 5.14. The van der Waals surface area contributed by atoms with Gasteiger partial charge in [-0.1, -0.05) is 25.1 Å². The third kappa shape index (κ3) is 2.48. The van der Waals surface area contributed by atoms with E-state index in [1.165, 1.54) is 0 Å². The molecule has 0 amide bonds. The summed E-state index contributed by atoms with van der Waals surface area (Å²) in [4.78, 5) is 11.5. The topological polar surface area (TPSA) is 55.8 Å². The predicted molar refractivity (Wildman–Crippen MR) is 66.9 cm³/mol. The number of ether oxygens (including phenoxy) is 2. The zero-order chi connectivity index (χ0) is 13.2. The first-order valence-electron chi connectivity index (χ1n) is 5.99. The molecule has 0 radical (unpaired) electrons. The van der Waals surface area contributed by atoms with Crippen molar-refractivity contribution in [2.24, 2.45) is 5.41 Å². The van der Waals surface area contributed by atoms with Gasteiger partial charge in [-0.05, 0) is 12.5 Å². The van der Waals surface area contributed by atoms with Gasteiger partial charge in [0.25, 0.3) is 0 Å². The Morgan fingerprint density at radius 3 is 2.67 bits per heavy atom. The highest BCUT2D eigenvalue weighted by molar-refractivity contribution is 5.77. The van der Waals surface area contributed by atoms with Crippen LogP contribution < -0.4 is 4.74 Å². The van der Waals surface area contributed by atoms with Crippen LogP contribution in [-0.2, 0) is 9.53 Å². The van der Waals surface area contributed by atoms with Crippen LogP contribution in [0.5, 0.6) is 5.75 Å². The van der Waals surface area contributed by atoms with E-state index < -0.39 is 11.9 Å². The summed E-state index contributed by atoms with van der Waals surface area (Å²) >= 11 is 0. The molecule has 18 heavy (non-hydrogen) atoms. The van der Waals surface area contributed by atoms with E-state index in [1.54, 1.807) is 13.2 Å². The average molecular weight is 250 g/mol. The first kappa shape index (κ1) is 12.9. The maximum Gasteiger partial charge on any atom is 0.311 e. The van der Waals surface area contributed by atoms with Crippen molar-refractivity contribution in [3.8, 4) is 5.75 Å². The van der Waals surface area contributed by atoms with Gasteiger partial charge in [-0.2, -0.15) is 0 Å². The second kappa shape index (κ2) is 4.98. The summed E-state index contributed by atoms with van der Waals surface area (Å²) in [6.45, 7) is 3.32. The molecule has 1 N–H and O–H groups in total. The number of carbonyl (C=O) groups is 1. The Hall–Kier alpha value is -1.55. The molecule has 0 bridgehead atoms. The van der Waals surface area contributed by atoms with E-state index in [1.807, 2.05) is 18.2 Å². The highest BCUT2D eigenvalue weighted by Gasteiger charge is 2.39. The van der Waals surface area contributed by atoms with Gasteiger partial charge in [0.1, 0.15) is 5.75 Å². The van der Waals surface area contributed by atoms with Gasteiger partial charge in [-0.25, -0.2) is 0 Å². The van der Waals surface area contributed by atoms with E-state index >= 15 is 0 Å². The summed E-state index contributed by atoms with van der Waals surface area (Å²) in [6.07, 6.45) is 0.572. The summed E-state index contributed by atoms with van der Waals surface area (Å²) in [7, 11) is 1.56. The van der Waals surface area contributed by atoms with Gasteiger partial charge in [-0.3, -0.25) is 4.79 Å². The lowest BCUT2D eigenvalue weighted by molar-refractivity contribution is -0.145. The number of methoxy groups -OCH3 is 1. The molecule has 4 heteroatoms. The van der Waals surface area contributed by atoms with Gasteiger partial charge in [0.2, 0.25) is 0 Å². The monoisotopic (exact) mass is 250 g/mol. The summed E-state index contributed by atoms with van der Waals surface area (Å²) in [5, 5.41) is 9.43. The molecule has 1 aliphatic heterocycles. The number of aliphatic carboxylic acids is 1. The van der Waals surface area contributed by atoms with Crippen LogP contribution in [0.4, 0.5) is 0 Å². The Bertz CT molecular complexity index is 437. The Morgan fingerprint density at radius 1 is 1.50 bits per heavy atom. The quantitative estimate of drug-likeness (QED) is 0.871. The molecule has 1 atom stereocenters. The second-order valence-electron chi connectivity index (χ2n) is 5.14. The summed E-state index contributed by atoms with van der Waals surface area (Å²) in [6, 6.07) is 7.30. The third-order valence-electron chi connectivity index (χ3n) is 3.41. The van der Waals surface area contributed by atoms with E-state index in [0.29, 0.717) is 25.4 Å². The Kier molecular flexibility index (Phi) is 3.57. The molecule has 0 spiro atoms. The average Bonchev–Trinajstić information content (AvgIpc) is 2.33. The van der Waals surface area contributed by atoms with E-state index in [4.69, 9.17) is 9.47 Å². The molecule has 1 heterocycles. The smallest absolute Gasteiger partial charge is 0.311 e. The maximum absolute atomic E-state index is 11.5. The standard InChI is InChI=1S/C14H18O4/c1-14(8-18-9-14)7-11(13(15)16)10-5-3-4-6-12(10)17-2/h3-6,11H,7-9H2,1-2H3,(H,15,16). The van der Waals surface area contributed by atoms with Gasteiger partial charge in [0, 0.05) is 11.0 Å². The van der Waals surface area contributed by atoms with E-state index in [9.17, 15) is 9.90 Å². The molecular weight excluding hydrogens is 232 g/mol. The number of rotatable bonds is 5. The predicted octanol–water partition coefficient (Wildman–Crippen LogP) is 2.29. The lowest BCUT2D eigenvalue weighted by Crippen LogP contribution is -2.41. The minimum absolute atomic E-state index is 0.0378. The molecule has 0 aliphatic carbocycles. The Labute approximate surface area is 107 Å². The molecule has 1 aliphatic rings. The van der Waals surface area contributed by atoms with Gasteiger partial charge in [-0.15, -0.1) is 0 Å². The largest absolute Gasteiger partial charge is 0.496 e. The first-order valence-corrected chi connectivity index (χ1v) is 5.99. The fourth-order valence-electron chi connectivity index (χ4n) is 2.35. The Balaban J connectivity index is 2.26. The van der Waals surface area contributed by atoms with Gasteiger partial charge >= 0.3 is 5.97 Å². The van der Waals surface area contributed by atoms with Crippen molar-refractivity contribution in [2.75, 3.05) is 20.3 Å². The van der Waals surface area contributed by atoms with Crippen molar-refractivity contribution in [3.63, 3.8) is 0 Å². The Morgan fingerprint density at radius 2 is 2.17 bits per heavy atom. The normalized spacial score (nSPS) is 18.8. The fourth-order valence-corrected chi connectivity index (χ4v) is 2.35. The highest BCUT2D eigenvalue weighted by Crippen LogP contribution is 2.40. The third-order valence-corrected chi connectivity index (χ3v) is 3.41. The van der Waals surface area contributed by atoms with Gasteiger partial charge in [0.15, 0.2) is 0 Å². The summed E-state index contributed by atoms with van der Waals surface area (Å²) < 4.78 is 10.4. The number of benzene rings is 1. The van der Waals surface area contributed by atoms with Crippen LogP contribution in [-0.4, -0.2) is 31.4 Å². The first-order chi connectivity index (χ1) is 8.56. The van der Waals surface area contributed by atoms with E-state index in [0.717, 1.165) is 5.56 Å². The van der Waals surface area contributed by atoms with Crippen LogP contribution in [0.1, 0.15) is 24.8 Å². The molecule has 1 aromatic carbocycles. The van der Waals surface area contributed by atoms with Crippen LogP contribution in [0.25, 0.3) is 0 Å². The zero-order valence-corrected chi connectivity index (χ0v) is 10.7. The molecule has 2 rings (SSSR count). The van der Waals surface area contributed by atoms with E-state index in [-0.39, 0.29) is 5.41 Å². The van der Waals surface area contributed by atoms with Crippen molar-refractivity contribution in [1.29, 1.82) is 0 Å². The van der Waals surface area contributed by atoms with Crippen LogP contribution in [0.2, 0.25) is 0 Å². The molecule has 0 saturated carbocycles. The molecule has 1 aromatic rings. The summed E-state index contributed by atoms with van der Waals surface area (Å²) in [5.41, 5.74) is 0.699. The van der Waals surface area contributed by atoms with Crippen molar-refractivity contribution in [1.82, 2.24) is 0 Å². The zero-order valence-electron chi connectivity index (χ0n) is 10.7. The van der Waals surface area contributed by atoms with Gasteiger partial charge < -0.3 is 14.6 Å². The molecule has 98 valence electrons. The molecule has 1 fully saturated rings. The number of hydrogen-bond donors (Lipinski definition) is 1. The molecule has 1 saturated heterocycles. The molecule has 0 aromatic heterocycles. The van der Waals surface area contributed by atoms with Crippen LogP contribution >= 0.6 is 0 Å². The van der Waals surface area contributed by atoms with Crippen LogP contribution in [0.3, 0.4) is 0 Å². The number of carboxylic acid groups (broad SMARTS) is 1. The molecular formula is C14H18O4. The van der Waals surface area contributed by atoms with E-state index in [2.05, 4.69) is 6.92 Å². The minimum Gasteiger partial charge on any atom is -0.496 e. The molecule has 1 unspecified atom stereocenters. The number of carboxylic acids is 1. The molecule has 4 nitrogen and oxygen atoms in total. The van der Waals surface area contributed by atoms with Crippen LogP contribution in [0.15, 0.2) is 24.3 Å². The van der Waals surface area contributed by atoms with Crippen molar-refractivity contribution < 1.29 is 19.4 Å². The number of para-hydroxylation sites is 1. The van der Waals surface area contributed by atoms with Crippen molar-refractivity contribution in [2.45, 2.75) is 19.3 Å². The lowest BCUT2D eigenvalue weighted by Gasteiger charge is -2.39. The van der Waals surface area contributed by atoms with Crippen LogP contribution in [0, 0.1) is 5.41 Å².